The third-order valence-corrected chi connectivity index (χ3v) is 2.05. The molecular weight excluding hydrogens is 226 g/mol. The van der Waals surface area contributed by atoms with Crippen molar-refractivity contribution in [1.82, 2.24) is 25.0 Å². The lowest BCUT2D eigenvalue weighted by Crippen LogP contribution is -2.38. The van der Waals surface area contributed by atoms with Crippen LogP contribution in [0.25, 0.3) is 0 Å². The number of nitrogens with zero attached hydrogens (tertiary/aromatic N) is 4. The molecule has 0 aliphatic carbocycles. The average Bonchev–Trinajstić information content (AvgIpc) is 2.68. The molecule has 8 nitrogen and oxygen atoms in total. The summed E-state index contributed by atoms with van der Waals surface area (Å²) in [6.07, 6.45) is 1.46. The van der Waals surface area contributed by atoms with Crippen molar-refractivity contribution in [2.45, 2.75) is 13.0 Å². The Morgan fingerprint density at radius 3 is 2.82 bits per heavy atom. The number of amides is 2. The van der Waals surface area contributed by atoms with Crippen molar-refractivity contribution in [2.75, 3.05) is 13.6 Å². The van der Waals surface area contributed by atoms with Gasteiger partial charge in [-0.2, -0.15) is 5.10 Å². The largest absolute Gasteiger partial charge is 0.481 e. The van der Waals surface area contributed by atoms with E-state index in [0.29, 0.717) is 5.82 Å². The maximum Gasteiger partial charge on any atom is 0.317 e. The normalized spacial score (nSPS) is 10.0. The molecule has 1 rings (SSSR count). The summed E-state index contributed by atoms with van der Waals surface area (Å²) in [4.78, 5) is 27.1. The van der Waals surface area contributed by atoms with Crippen molar-refractivity contribution in [2.24, 2.45) is 7.05 Å². The molecule has 0 aromatic carbocycles. The first-order chi connectivity index (χ1) is 7.99. The molecular formula is C9H15N5O3. The zero-order valence-electron chi connectivity index (χ0n) is 9.75. The molecule has 0 radical (unpaired) electrons. The summed E-state index contributed by atoms with van der Waals surface area (Å²) in [7, 11) is 3.27. The second kappa shape index (κ2) is 5.83. The summed E-state index contributed by atoms with van der Waals surface area (Å²) in [6.45, 7) is 0.383. The number of carboxylic acids is 1. The van der Waals surface area contributed by atoms with E-state index in [9.17, 15) is 9.59 Å². The molecule has 0 saturated heterocycles. The number of hydrogen-bond donors (Lipinski definition) is 2. The van der Waals surface area contributed by atoms with Crippen LogP contribution in [0.4, 0.5) is 4.79 Å². The molecule has 0 atom stereocenters. The predicted octanol–water partition coefficient (Wildman–Crippen LogP) is -0.569. The van der Waals surface area contributed by atoms with Crippen LogP contribution >= 0.6 is 0 Å². The van der Waals surface area contributed by atoms with Crippen molar-refractivity contribution in [3.8, 4) is 0 Å². The van der Waals surface area contributed by atoms with E-state index in [1.54, 1.807) is 7.05 Å². The van der Waals surface area contributed by atoms with Gasteiger partial charge in [-0.1, -0.05) is 0 Å². The van der Waals surface area contributed by atoms with Gasteiger partial charge < -0.3 is 15.3 Å². The van der Waals surface area contributed by atoms with Crippen LogP contribution in [0, 0.1) is 0 Å². The highest BCUT2D eigenvalue weighted by molar-refractivity contribution is 5.74. The Hall–Kier alpha value is -2.12. The molecule has 1 heterocycles. The number of hydrogen-bond acceptors (Lipinski definition) is 4. The summed E-state index contributed by atoms with van der Waals surface area (Å²) in [5.41, 5.74) is 0. The molecule has 2 amide bonds. The van der Waals surface area contributed by atoms with Gasteiger partial charge in [0.05, 0.1) is 13.0 Å². The number of aliphatic carboxylic acids is 1. The summed E-state index contributed by atoms with van der Waals surface area (Å²) in [5, 5.41) is 15.1. The lowest BCUT2D eigenvalue weighted by atomic mass is 10.4. The molecule has 17 heavy (non-hydrogen) atoms. The lowest BCUT2D eigenvalue weighted by molar-refractivity contribution is -0.137. The zero-order chi connectivity index (χ0) is 12.8. The third-order valence-electron chi connectivity index (χ3n) is 2.05. The summed E-state index contributed by atoms with van der Waals surface area (Å²) >= 11 is 0. The molecule has 0 unspecified atom stereocenters. The van der Waals surface area contributed by atoms with Crippen LogP contribution in [0.3, 0.4) is 0 Å². The SMILES string of the molecule is CN(CCC(=O)O)C(=O)NCc1ncn(C)n1. The number of carbonyl (C=O) groups excluding carboxylic acids is 1. The monoisotopic (exact) mass is 241 g/mol. The molecule has 1 aromatic heterocycles. The van der Waals surface area contributed by atoms with Crippen LogP contribution in [-0.2, 0) is 18.4 Å². The van der Waals surface area contributed by atoms with Gasteiger partial charge in [-0.05, 0) is 0 Å². The fourth-order valence-corrected chi connectivity index (χ4v) is 1.12. The number of nitrogens with one attached hydrogen (secondary N) is 1. The molecule has 0 bridgehead atoms. The molecule has 0 aliphatic rings. The molecule has 0 saturated carbocycles. The molecule has 1 aromatic rings. The minimum atomic E-state index is -0.934. The molecule has 8 heteroatoms. The zero-order valence-corrected chi connectivity index (χ0v) is 9.75. The van der Waals surface area contributed by atoms with E-state index >= 15 is 0 Å². The third kappa shape index (κ3) is 4.49. The van der Waals surface area contributed by atoms with Crippen LogP contribution in [0.15, 0.2) is 6.33 Å². The second-order valence-electron chi connectivity index (χ2n) is 3.56. The van der Waals surface area contributed by atoms with E-state index in [4.69, 9.17) is 5.11 Å². The number of aromatic nitrogens is 3. The van der Waals surface area contributed by atoms with Gasteiger partial charge in [-0.15, -0.1) is 0 Å². The minimum absolute atomic E-state index is 0.0776. The van der Waals surface area contributed by atoms with E-state index in [2.05, 4.69) is 15.4 Å². The summed E-state index contributed by atoms with van der Waals surface area (Å²) < 4.78 is 1.54. The van der Waals surface area contributed by atoms with Gasteiger partial charge in [0.25, 0.3) is 0 Å². The molecule has 94 valence electrons. The van der Waals surface area contributed by atoms with E-state index in [1.807, 2.05) is 0 Å². The van der Waals surface area contributed by atoms with Crippen LogP contribution in [0.5, 0.6) is 0 Å². The van der Waals surface area contributed by atoms with Crippen LogP contribution in [-0.4, -0.2) is 50.4 Å². The molecule has 0 aliphatic heterocycles. The first kappa shape index (κ1) is 12.9. The number of carboxylic acid groups (broad SMARTS) is 1. The van der Waals surface area contributed by atoms with Crippen molar-refractivity contribution in [3.63, 3.8) is 0 Å². The highest BCUT2D eigenvalue weighted by Crippen LogP contribution is 1.91. The standard InChI is InChI=1S/C9H15N5O3/c1-13(4-3-8(15)16)9(17)10-5-7-11-6-14(2)12-7/h6H,3-5H2,1-2H3,(H,10,17)(H,15,16). The Bertz CT molecular complexity index is 403. The van der Waals surface area contributed by atoms with Crippen molar-refractivity contribution >= 4 is 12.0 Å². The first-order valence-corrected chi connectivity index (χ1v) is 5.04. The van der Waals surface area contributed by atoms with Crippen molar-refractivity contribution in [3.05, 3.63) is 12.2 Å². The first-order valence-electron chi connectivity index (χ1n) is 5.04. The molecule has 0 fully saturated rings. The summed E-state index contributed by atoms with van der Waals surface area (Å²) in [5.74, 6) is -0.427. The Kier molecular flexibility index (Phi) is 4.44. The lowest BCUT2D eigenvalue weighted by Gasteiger charge is -2.16. The Labute approximate surface area is 98.2 Å². The van der Waals surface area contributed by atoms with E-state index < -0.39 is 5.97 Å². The fraction of sp³-hybridized carbons (Fsp3) is 0.556. The quantitative estimate of drug-likeness (QED) is 0.719. The number of rotatable bonds is 5. The van der Waals surface area contributed by atoms with Crippen LogP contribution in [0.1, 0.15) is 12.2 Å². The van der Waals surface area contributed by atoms with E-state index in [0.717, 1.165) is 0 Å². The van der Waals surface area contributed by atoms with Gasteiger partial charge in [0.15, 0.2) is 5.82 Å². The van der Waals surface area contributed by atoms with Crippen molar-refractivity contribution in [1.29, 1.82) is 0 Å². The van der Waals surface area contributed by atoms with Gasteiger partial charge in [-0.3, -0.25) is 9.48 Å². The maximum absolute atomic E-state index is 11.5. The maximum atomic E-state index is 11.5. The van der Waals surface area contributed by atoms with Gasteiger partial charge in [0.2, 0.25) is 0 Å². The van der Waals surface area contributed by atoms with Crippen LogP contribution < -0.4 is 5.32 Å². The van der Waals surface area contributed by atoms with Crippen LogP contribution in [0.2, 0.25) is 0 Å². The Morgan fingerprint density at radius 2 is 2.29 bits per heavy atom. The Balaban J connectivity index is 2.31. The average molecular weight is 241 g/mol. The van der Waals surface area contributed by atoms with Gasteiger partial charge in [0.1, 0.15) is 6.33 Å². The van der Waals surface area contributed by atoms with Gasteiger partial charge >= 0.3 is 12.0 Å². The van der Waals surface area contributed by atoms with Crippen molar-refractivity contribution < 1.29 is 14.7 Å². The highest BCUT2D eigenvalue weighted by Gasteiger charge is 2.10. The molecule has 0 spiro atoms. The fourth-order valence-electron chi connectivity index (χ4n) is 1.12. The summed E-state index contributed by atoms with van der Waals surface area (Å²) in [6, 6.07) is -0.348. The Morgan fingerprint density at radius 1 is 1.59 bits per heavy atom. The number of urea groups is 1. The second-order valence-corrected chi connectivity index (χ2v) is 3.56. The predicted molar refractivity (Wildman–Crippen MR) is 58.1 cm³/mol. The smallest absolute Gasteiger partial charge is 0.317 e. The van der Waals surface area contributed by atoms with E-state index in [-0.39, 0.29) is 25.5 Å². The highest BCUT2D eigenvalue weighted by atomic mass is 16.4. The van der Waals surface area contributed by atoms with E-state index in [1.165, 1.54) is 23.0 Å². The number of carbonyl (C=O) groups is 2. The topological polar surface area (TPSA) is 100 Å². The number of aryl methyl sites for hydroxylation is 1. The molecule has 2 N–H and O–H groups in total. The minimum Gasteiger partial charge on any atom is -0.481 e. The van der Waals surface area contributed by atoms with Gasteiger partial charge in [-0.25, -0.2) is 9.78 Å². The van der Waals surface area contributed by atoms with Gasteiger partial charge in [0, 0.05) is 20.6 Å².